The molecule has 0 spiro atoms. The zero-order valence-corrected chi connectivity index (χ0v) is 22.7. The van der Waals surface area contributed by atoms with Gasteiger partial charge in [0.1, 0.15) is 17.0 Å². The highest BCUT2D eigenvalue weighted by Crippen LogP contribution is 2.53. The lowest BCUT2D eigenvalue weighted by molar-refractivity contribution is 0.188. The highest BCUT2D eigenvalue weighted by molar-refractivity contribution is 7.19. The van der Waals surface area contributed by atoms with Crippen molar-refractivity contribution < 1.29 is 0 Å². The number of likely N-dealkylation sites (tertiary alicyclic amines) is 1. The fourth-order valence-electron chi connectivity index (χ4n) is 6.98. The molecule has 192 valence electrons. The van der Waals surface area contributed by atoms with Crippen LogP contribution in [0.2, 0.25) is 0 Å². The second-order valence-electron chi connectivity index (χ2n) is 11.2. The minimum absolute atomic E-state index is 0.228. The number of hydrogen-bond acceptors (Lipinski definition) is 6. The second-order valence-corrected chi connectivity index (χ2v) is 12.3. The molecular weight excluding hydrogens is 484 g/mol. The lowest BCUT2D eigenvalue weighted by Gasteiger charge is -2.30. The van der Waals surface area contributed by atoms with Crippen LogP contribution < -0.4 is 5.69 Å². The predicted octanol–water partition coefficient (Wildman–Crippen LogP) is 4.78. The van der Waals surface area contributed by atoms with Gasteiger partial charge in [-0.05, 0) is 73.6 Å². The third kappa shape index (κ3) is 3.38. The molecule has 0 radical (unpaired) electrons. The van der Waals surface area contributed by atoms with Gasteiger partial charge in [0, 0.05) is 34.6 Å². The number of H-pyrrole nitrogens is 3. The third-order valence-corrected chi connectivity index (χ3v) is 10.2. The van der Waals surface area contributed by atoms with Gasteiger partial charge in [0.05, 0.1) is 12.2 Å². The van der Waals surface area contributed by atoms with Gasteiger partial charge in [-0.2, -0.15) is 10.2 Å². The average Bonchev–Trinajstić information content (AvgIpc) is 3.68. The number of aromatic amines is 3. The quantitative estimate of drug-likeness (QED) is 0.311. The monoisotopic (exact) mass is 516 g/mol. The Bertz CT molecular complexity index is 1720. The smallest absolute Gasteiger partial charge is 0.340 e. The fraction of sp³-hybridized carbons (Fsp3) is 0.481. The lowest BCUT2D eigenvalue weighted by atomic mass is 9.88. The Balaban J connectivity index is 1.25. The summed E-state index contributed by atoms with van der Waals surface area (Å²) in [6.45, 7) is 13.0. The maximum atomic E-state index is 11.4. The first-order chi connectivity index (χ1) is 17.8. The molecule has 2 unspecified atom stereocenters. The van der Waals surface area contributed by atoms with Gasteiger partial charge in [0.2, 0.25) is 0 Å². The summed E-state index contributed by atoms with van der Waals surface area (Å²) in [7, 11) is 0. The first-order valence-corrected chi connectivity index (χ1v) is 13.9. The normalized spacial score (nSPS) is 21.9. The van der Waals surface area contributed by atoms with Crippen molar-refractivity contribution >= 4 is 27.2 Å². The number of nitrogens with zero attached hydrogens (tertiary/aromatic N) is 5. The van der Waals surface area contributed by atoms with Crippen molar-refractivity contribution in [3.63, 3.8) is 0 Å². The number of pyridine rings is 1. The van der Waals surface area contributed by atoms with E-state index in [1.165, 1.54) is 56.6 Å². The summed E-state index contributed by atoms with van der Waals surface area (Å²) in [5.41, 5.74) is 8.39. The van der Waals surface area contributed by atoms with Crippen LogP contribution in [0.25, 0.3) is 27.1 Å². The Morgan fingerprint density at radius 3 is 2.68 bits per heavy atom. The zero-order chi connectivity index (χ0) is 25.6. The van der Waals surface area contributed by atoms with Gasteiger partial charge in [0.15, 0.2) is 5.65 Å². The number of aryl methyl sites for hydroxylation is 2. The van der Waals surface area contributed by atoms with Gasteiger partial charge in [-0.1, -0.05) is 13.8 Å². The van der Waals surface area contributed by atoms with Gasteiger partial charge in [-0.25, -0.2) is 19.4 Å². The molecule has 6 heterocycles. The number of thiophene rings is 1. The van der Waals surface area contributed by atoms with E-state index in [9.17, 15) is 4.79 Å². The fourth-order valence-corrected chi connectivity index (χ4v) is 8.41. The Hall–Kier alpha value is -3.24. The average molecular weight is 517 g/mol. The van der Waals surface area contributed by atoms with E-state index in [2.05, 4.69) is 76.0 Å². The van der Waals surface area contributed by atoms with Crippen LogP contribution in [0.1, 0.15) is 71.5 Å². The molecule has 2 aliphatic rings. The number of fused-ring (bicyclic) bond motifs is 4. The minimum Gasteiger partial charge on any atom is -0.346 e. The third-order valence-electron chi connectivity index (χ3n) is 8.83. The number of hydrogen-bond donors (Lipinski definition) is 3. The van der Waals surface area contributed by atoms with E-state index >= 15 is 0 Å². The molecule has 0 amide bonds. The first kappa shape index (κ1) is 22.9. The van der Waals surface area contributed by atoms with Gasteiger partial charge in [-0.15, -0.1) is 11.3 Å². The van der Waals surface area contributed by atoms with Crippen molar-refractivity contribution in [1.82, 2.24) is 39.7 Å². The summed E-state index contributed by atoms with van der Waals surface area (Å²) in [4.78, 5) is 27.9. The van der Waals surface area contributed by atoms with E-state index in [1.54, 1.807) is 11.2 Å². The minimum atomic E-state index is -0.228. The van der Waals surface area contributed by atoms with E-state index in [0.29, 0.717) is 30.3 Å². The van der Waals surface area contributed by atoms with Crippen molar-refractivity contribution in [2.45, 2.75) is 71.9 Å². The predicted molar refractivity (Wildman–Crippen MR) is 145 cm³/mol. The van der Waals surface area contributed by atoms with Gasteiger partial charge in [0.25, 0.3) is 0 Å². The number of nitrogens with one attached hydrogen (secondary N) is 3. The van der Waals surface area contributed by atoms with Gasteiger partial charge < -0.3 is 4.98 Å². The summed E-state index contributed by atoms with van der Waals surface area (Å²) in [5, 5.41) is 12.4. The molecule has 37 heavy (non-hydrogen) atoms. The van der Waals surface area contributed by atoms with E-state index in [4.69, 9.17) is 0 Å². The summed E-state index contributed by atoms with van der Waals surface area (Å²) in [6.07, 6.45) is 6.15. The number of rotatable bonds is 5. The van der Waals surface area contributed by atoms with Crippen LogP contribution in [0.3, 0.4) is 0 Å². The van der Waals surface area contributed by atoms with Crippen LogP contribution in [0.15, 0.2) is 17.3 Å². The standard InChI is InChI=1S/C27H32N8OS/c1-12(2)21-22-15(5)24(18-7-17-6-16(18)8-34(17)10-20-30-27(36)33-32-20)37-26(22)31-23(21)19-9-35-25(28-11-29-35)14(4)13(19)3/h9,11-12,16-18,31H,6-8,10H2,1-5H3,(H2,30,32,33,36)/t16?,17?,18-/m1/s1. The molecule has 10 heteroatoms. The molecule has 5 aromatic heterocycles. The van der Waals surface area contributed by atoms with Crippen LogP contribution >= 0.6 is 11.3 Å². The Morgan fingerprint density at radius 1 is 1.14 bits per heavy atom. The van der Waals surface area contributed by atoms with Crippen LogP contribution in [-0.2, 0) is 6.54 Å². The lowest BCUT2D eigenvalue weighted by Crippen LogP contribution is -2.34. The molecular formula is C27H32N8OS. The van der Waals surface area contributed by atoms with Crippen molar-refractivity contribution in [3.05, 3.63) is 56.0 Å². The molecule has 7 rings (SSSR count). The topological polar surface area (TPSA) is 111 Å². The molecule has 1 aliphatic carbocycles. The molecule has 1 aliphatic heterocycles. The van der Waals surface area contributed by atoms with Crippen molar-refractivity contribution in [1.29, 1.82) is 0 Å². The maximum Gasteiger partial charge on any atom is 0.340 e. The Labute approximate surface area is 218 Å². The molecule has 1 saturated heterocycles. The Kier molecular flexibility index (Phi) is 5.04. The summed E-state index contributed by atoms with van der Waals surface area (Å²) >= 11 is 1.96. The molecule has 3 N–H and O–H groups in total. The van der Waals surface area contributed by atoms with E-state index in [-0.39, 0.29) is 5.69 Å². The van der Waals surface area contributed by atoms with Crippen molar-refractivity contribution in [3.8, 4) is 11.3 Å². The Morgan fingerprint density at radius 2 is 1.97 bits per heavy atom. The van der Waals surface area contributed by atoms with Crippen LogP contribution in [0.4, 0.5) is 0 Å². The molecule has 0 aromatic carbocycles. The summed E-state index contributed by atoms with van der Waals surface area (Å²) in [5.74, 6) is 2.38. The van der Waals surface area contributed by atoms with Gasteiger partial charge in [-0.3, -0.25) is 9.88 Å². The molecule has 1 saturated carbocycles. The maximum absolute atomic E-state index is 11.4. The number of aromatic nitrogens is 7. The molecule has 5 aromatic rings. The summed E-state index contributed by atoms with van der Waals surface area (Å²) < 4.78 is 1.90. The van der Waals surface area contributed by atoms with Crippen LogP contribution in [0, 0.1) is 26.7 Å². The molecule has 2 bridgehead atoms. The van der Waals surface area contributed by atoms with Crippen LogP contribution in [-0.4, -0.2) is 52.2 Å². The highest BCUT2D eigenvalue weighted by atomic mass is 32.1. The zero-order valence-electron chi connectivity index (χ0n) is 21.8. The largest absolute Gasteiger partial charge is 0.346 e. The first-order valence-electron chi connectivity index (χ1n) is 13.1. The molecule has 2 fully saturated rings. The van der Waals surface area contributed by atoms with Crippen molar-refractivity contribution in [2.75, 3.05) is 6.54 Å². The molecule has 3 atom stereocenters. The van der Waals surface area contributed by atoms with Crippen molar-refractivity contribution in [2.24, 2.45) is 5.92 Å². The van der Waals surface area contributed by atoms with E-state index < -0.39 is 0 Å². The van der Waals surface area contributed by atoms with E-state index in [0.717, 1.165) is 18.0 Å². The van der Waals surface area contributed by atoms with Crippen LogP contribution in [0.5, 0.6) is 0 Å². The highest BCUT2D eigenvalue weighted by Gasteiger charge is 2.46. The van der Waals surface area contributed by atoms with Gasteiger partial charge >= 0.3 is 5.69 Å². The molecule has 9 nitrogen and oxygen atoms in total. The second kappa shape index (κ2) is 8.13. The summed E-state index contributed by atoms with van der Waals surface area (Å²) in [6, 6.07) is 0.551. The SMILES string of the molecule is Cc1c(-c2[nH]c3sc([C@@H]4CC5CC4CN5Cc4n[nH]c(=O)[nH]4)c(C)c3c2C(C)C)cn2ncnc2c1C. The van der Waals surface area contributed by atoms with E-state index in [1.807, 2.05) is 15.9 Å². The number of piperidine rings is 1.